The Morgan fingerprint density at radius 1 is 1.06 bits per heavy atom. The first-order valence-electron chi connectivity index (χ1n) is 10.8. The summed E-state index contributed by atoms with van der Waals surface area (Å²) in [5.41, 5.74) is 2.64. The van der Waals surface area contributed by atoms with E-state index in [9.17, 15) is 13.2 Å². The van der Waals surface area contributed by atoms with E-state index < -0.39 is 10.0 Å². The second-order valence-corrected chi connectivity index (χ2v) is 11.4. The minimum atomic E-state index is -3.39. The van der Waals surface area contributed by atoms with E-state index in [2.05, 4.69) is 11.2 Å². The lowest BCUT2D eigenvalue weighted by Gasteiger charge is -2.31. The number of likely N-dealkylation sites (tertiary alicyclic amines) is 1. The molecule has 3 aromatic rings. The predicted molar refractivity (Wildman–Crippen MR) is 120 cm³/mol. The van der Waals surface area contributed by atoms with Gasteiger partial charge in [-0.3, -0.25) is 4.79 Å². The first-order valence-corrected chi connectivity index (χ1v) is 13.2. The van der Waals surface area contributed by atoms with Crippen molar-refractivity contribution in [3.8, 4) is 0 Å². The third-order valence-electron chi connectivity index (χ3n) is 6.43. The molecule has 0 N–H and O–H groups in total. The van der Waals surface area contributed by atoms with Crippen molar-refractivity contribution in [3.63, 3.8) is 0 Å². The second-order valence-electron chi connectivity index (χ2n) is 8.31. The SMILES string of the molecule is O=C(c1cnn2ccc(C3CCN(S(=O)(=O)c4cccs4)CC3)cc12)N1CCCCC1. The van der Waals surface area contributed by atoms with Crippen molar-refractivity contribution >= 4 is 32.8 Å². The lowest BCUT2D eigenvalue weighted by molar-refractivity contribution is 0.0726. The maximum Gasteiger partial charge on any atom is 0.257 e. The molecule has 1 amide bonds. The zero-order valence-corrected chi connectivity index (χ0v) is 18.9. The Hall–Kier alpha value is -2.23. The third kappa shape index (κ3) is 3.90. The van der Waals surface area contributed by atoms with Crippen LogP contribution in [0.4, 0.5) is 0 Å². The van der Waals surface area contributed by atoms with Crippen LogP contribution in [0.25, 0.3) is 5.52 Å². The van der Waals surface area contributed by atoms with Crippen LogP contribution < -0.4 is 0 Å². The van der Waals surface area contributed by atoms with Crippen LogP contribution in [0, 0.1) is 0 Å². The fourth-order valence-electron chi connectivity index (χ4n) is 4.65. The van der Waals surface area contributed by atoms with Crippen molar-refractivity contribution in [2.45, 2.75) is 42.2 Å². The first-order chi connectivity index (χ1) is 15.0. The topological polar surface area (TPSA) is 75.0 Å². The average Bonchev–Trinajstić information content (AvgIpc) is 3.50. The molecular formula is C22H26N4O3S2. The van der Waals surface area contributed by atoms with Crippen LogP contribution in [-0.2, 0) is 10.0 Å². The van der Waals surface area contributed by atoms with Gasteiger partial charge in [-0.1, -0.05) is 6.07 Å². The summed E-state index contributed by atoms with van der Waals surface area (Å²) in [6, 6.07) is 7.55. The zero-order valence-electron chi connectivity index (χ0n) is 17.3. The smallest absolute Gasteiger partial charge is 0.257 e. The van der Waals surface area contributed by atoms with E-state index in [0.717, 1.165) is 49.9 Å². The fourth-order valence-corrected chi connectivity index (χ4v) is 7.26. The summed E-state index contributed by atoms with van der Waals surface area (Å²) >= 11 is 1.26. The lowest BCUT2D eigenvalue weighted by Crippen LogP contribution is -2.37. The van der Waals surface area contributed by atoms with Crippen molar-refractivity contribution in [2.24, 2.45) is 0 Å². The quantitative estimate of drug-likeness (QED) is 0.599. The van der Waals surface area contributed by atoms with E-state index in [4.69, 9.17) is 0 Å². The number of sulfonamides is 1. The largest absolute Gasteiger partial charge is 0.339 e. The summed E-state index contributed by atoms with van der Waals surface area (Å²) in [6.07, 6.45) is 8.42. The van der Waals surface area contributed by atoms with E-state index in [0.29, 0.717) is 22.9 Å². The van der Waals surface area contributed by atoms with Crippen LogP contribution >= 0.6 is 11.3 Å². The molecule has 0 radical (unpaired) electrons. The molecule has 164 valence electrons. The van der Waals surface area contributed by atoms with Crippen LogP contribution in [0.2, 0.25) is 0 Å². The maximum atomic E-state index is 13.0. The normalized spacial score (nSPS) is 19.2. The van der Waals surface area contributed by atoms with Gasteiger partial charge < -0.3 is 4.90 Å². The average molecular weight is 459 g/mol. The highest BCUT2D eigenvalue weighted by atomic mass is 32.2. The minimum Gasteiger partial charge on any atom is -0.339 e. The number of aromatic nitrogens is 2. The Kier molecular flexibility index (Phi) is 5.58. The lowest BCUT2D eigenvalue weighted by atomic mass is 9.90. The molecular weight excluding hydrogens is 432 g/mol. The van der Waals surface area contributed by atoms with Gasteiger partial charge >= 0.3 is 0 Å². The Labute approximate surface area is 186 Å². The van der Waals surface area contributed by atoms with Gasteiger partial charge in [0.2, 0.25) is 0 Å². The van der Waals surface area contributed by atoms with Crippen molar-refractivity contribution in [1.82, 2.24) is 18.8 Å². The molecule has 0 spiro atoms. The Morgan fingerprint density at radius 2 is 1.84 bits per heavy atom. The number of piperidine rings is 2. The number of amides is 1. The molecule has 0 atom stereocenters. The number of carbonyl (C=O) groups is 1. The monoisotopic (exact) mass is 458 g/mol. The van der Waals surface area contributed by atoms with Crippen LogP contribution in [0.3, 0.4) is 0 Å². The van der Waals surface area contributed by atoms with Crippen molar-refractivity contribution in [3.05, 3.63) is 53.2 Å². The van der Waals surface area contributed by atoms with Gasteiger partial charge in [0.25, 0.3) is 15.9 Å². The molecule has 0 bridgehead atoms. The summed E-state index contributed by atoms with van der Waals surface area (Å²) in [4.78, 5) is 15.0. The molecule has 5 rings (SSSR count). The van der Waals surface area contributed by atoms with Gasteiger partial charge in [0.05, 0.1) is 17.3 Å². The van der Waals surface area contributed by atoms with E-state index >= 15 is 0 Å². The molecule has 3 aromatic heterocycles. The maximum absolute atomic E-state index is 13.0. The first kappa shape index (κ1) is 20.7. The molecule has 0 unspecified atom stereocenters. The number of carbonyl (C=O) groups excluding carboxylic acids is 1. The van der Waals surface area contributed by atoms with E-state index in [1.165, 1.54) is 17.8 Å². The molecule has 5 heterocycles. The number of pyridine rings is 1. The molecule has 0 aromatic carbocycles. The summed E-state index contributed by atoms with van der Waals surface area (Å²) in [6.45, 7) is 2.64. The van der Waals surface area contributed by atoms with Gasteiger partial charge in [0, 0.05) is 32.4 Å². The third-order valence-corrected chi connectivity index (χ3v) is 9.71. The summed E-state index contributed by atoms with van der Waals surface area (Å²) < 4.78 is 29.3. The van der Waals surface area contributed by atoms with Gasteiger partial charge in [0.15, 0.2) is 0 Å². The van der Waals surface area contributed by atoms with Crippen LogP contribution in [-0.4, -0.2) is 59.3 Å². The van der Waals surface area contributed by atoms with Gasteiger partial charge in [0.1, 0.15) is 4.21 Å². The molecule has 2 fully saturated rings. The van der Waals surface area contributed by atoms with Crippen molar-refractivity contribution in [2.75, 3.05) is 26.2 Å². The second kappa shape index (κ2) is 8.37. The minimum absolute atomic E-state index is 0.0590. The van der Waals surface area contributed by atoms with E-state index in [-0.39, 0.29) is 11.8 Å². The number of thiophene rings is 1. The Balaban J connectivity index is 1.34. The molecule has 2 aliphatic rings. The highest BCUT2D eigenvalue weighted by Gasteiger charge is 2.31. The van der Waals surface area contributed by atoms with Crippen LogP contribution in [0.1, 0.15) is 53.9 Å². The number of hydrogen-bond donors (Lipinski definition) is 0. The Bertz CT molecular complexity index is 1170. The number of hydrogen-bond acceptors (Lipinski definition) is 5. The van der Waals surface area contributed by atoms with Gasteiger partial charge in [-0.2, -0.15) is 9.40 Å². The Morgan fingerprint density at radius 3 is 2.55 bits per heavy atom. The zero-order chi connectivity index (χ0) is 21.4. The van der Waals surface area contributed by atoms with Crippen molar-refractivity contribution < 1.29 is 13.2 Å². The van der Waals surface area contributed by atoms with Gasteiger partial charge in [-0.15, -0.1) is 11.3 Å². The molecule has 7 nitrogen and oxygen atoms in total. The molecule has 2 saturated heterocycles. The number of nitrogens with zero attached hydrogens (tertiary/aromatic N) is 4. The molecule has 0 aliphatic carbocycles. The summed E-state index contributed by atoms with van der Waals surface area (Å²) in [5.74, 6) is 0.330. The summed E-state index contributed by atoms with van der Waals surface area (Å²) in [7, 11) is -3.39. The molecule has 0 saturated carbocycles. The van der Waals surface area contributed by atoms with Gasteiger partial charge in [-0.05, 0) is 67.2 Å². The highest BCUT2D eigenvalue weighted by Crippen LogP contribution is 2.32. The van der Waals surface area contributed by atoms with E-state index in [1.807, 2.05) is 17.2 Å². The molecule has 9 heteroatoms. The number of fused-ring (bicyclic) bond motifs is 1. The van der Waals surface area contributed by atoms with Crippen LogP contribution in [0.15, 0.2) is 46.2 Å². The molecule has 31 heavy (non-hydrogen) atoms. The standard InChI is InChI=1S/C22H26N4O3S2/c27-22(24-9-2-1-3-10-24)19-16-23-26-13-8-18(15-20(19)26)17-6-11-25(12-7-17)31(28,29)21-5-4-14-30-21/h4-5,8,13-17H,1-3,6-7,9-12H2. The highest BCUT2D eigenvalue weighted by molar-refractivity contribution is 7.91. The van der Waals surface area contributed by atoms with Crippen LogP contribution in [0.5, 0.6) is 0 Å². The predicted octanol–water partition coefficient (Wildman–Crippen LogP) is 3.59. The van der Waals surface area contributed by atoms with Gasteiger partial charge in [-0.25, -0.2) is 12.9 Å². The van der Waals surface area contributed by atoms with Crippen molar-refractivity contribution in [1.29, 1.82) is 0 Å². The molecule has 2 aliphatic heterocycles. The fraction of sp³-hybridized carbons (Fsp3) is 0.455. The van der Waals surface area contributed by atoms with E-state index in [1.54, 1.807) is 32.5 Å². The summed E-state index contributed by atoms with van der Waals surface area (Å²) in [5, 5.41) is 6.17. The number of rotatable bonds is 4.